The summed E-state index contributed by atoms with van der Waals surface area (Å²) in [6.07, 6.45) is 0.630. The van der Waals surface area contributed by atoms with Gasteiger partial charge in [0.05, 0.1) is 12.6 Å². The van der Waals surface area contributed by atoms with Gasteiger partial charge in [-0.05, 0) is 18.9 Å². The lowest BCUT2D eigenvalue weighted by Gasteiger charge is -2.34. The third-order valence-corrected chi connectivity index (χ3v) is 5.19. The molecule has 0 aromatic heterocycles. The van der Waals surface area contributed by atoms with Crippen LogP contribution in [0.4, 0.5) is 0 Å². The van der Waals surface area contributed by atoms with Gasteiger partial charge in [0, 0.05) is 58.9 Å². The molecule has 3 rings (SSSR count). The van der Waals surface area contributed by atoms with Gasteiger partial charge in [0.15, 0.2) is 5.96 Å². The number of likely N-dealkylation sites (tertiary alicyclic amines) is 1. The summed E-state index contributed by atoms with van der Waals surface area (Å²) in [6, 6.07) is 10.7. The highest BCUT2D eigenvalue weighted by Crippen LogP contribution is 2.10. The third-order valence-electron chi connectivity index (χ3n) is 5.19. The molecule has 27 heavy (non-hydrogen) atoms. The highest BCUT2D eigenvalue weighted by Gasteiger charge is 2.23. The molecule has 1 aromatic carbocycles. The first-order valence-corrected chi connectivity index (χ1v) is 9.94. The van der Waals surface area contributed by atoms with E-state index in [1.165, 1.54) is 5.56 Å². The maximum absolute atomic E-state index is 9.74. The van der Waals surface area contributed by atoms with Gasteiger partial charge in [0.2, 0.25) is 0 Å². The number of rotatable bonds is 6. The van der Waals surface area contributed by atoms with Crippen LogP contribution in [0.5, 0.6) is 0 Å². The Kier molecular flexibility index (Phi) is 9.81. The topological polar surface area (TPSA) is 54.3 Å². The molecule has 0 radical (unpaired) electrons. The SMILES string of the molecule is CCNC(=NCCN1CCN(Cc2ccccc2)CC1)N1CC[C@@H](O)C1.I. The van der Waals surface area contributed by atoms with E-state index in [9.17, 15) is 5.11 Å². The number of aliphatic hydroxyl groups excluding tert-OH is 1. The summed E-state index contributed by atoms with van der Waals surface area (Å²) in [5.41, 5.74) is 1.40. The molecule has 1 aromatic rings. The van der Waals surface area contributed by atoms with E-state index >= 15 is 0 Å². The van der Waals surface area contributed by atoms with Crippen molar-refractivity contribution in [2.75, 3.05) is 58.9 Å². The number of piperazine rings is 1. The largest absolute Gasteiger partial charge is 0.391 e. The second-order valence-corrected chi connectivity index (χ2v) is 7.23. The number of halogens is 1. The van der Waals surface area contributed by atoms with Crippen LogP contribution in [0.25, 0.3) is 0 Å². The third kappa shape index (κ3) is 7.21. The number of hydrogen-bond donors (Lipinski definition) is 2. The molecule has 2 aliphatic rings. The van der Waals surface area contributed by atoms with Crippen LogP contribution in [-0.2, 0) is 6.54 Å². The maximum atomic E-state index is 9.74. The van der Waals surface area contributed by atoms with Gasteiger partial charge in [-0.15, -0.1) is 24.0 Å². The molecule has 0 amide bonds. The van der Waals surface area contributed by atoms with E-state index in [-0.39, 0.29) is 30.1 Å². The van der Waals surface area contributed by atoms with E-state index in [4.69, 9.17) is 4.99 Å². The van der Waals surface area contributed by atoms with Gasteiger partial charge in [0.25, 0.3) is 0 Å². The molecule has 0 bridgehead atoms. The molecule has 6 nitrogen and oxygen atoms in total. The molecule has 0 aliphatic carbocycles. The van der Waals surface area contributed by atoms with Gasteiger partial charge in [-0.3, -0.25) is 14.8 Å². The Morgan fingerprint density at radius 1 is 1.11 bits per heavy atom. The first kappa shape index (κ1) is 22.4. The van der Waals surface area contributed by atoms with Crippen molar-refractivity contribution < 1.29 is 5.11 Å². The highest BCUT2D eigenvalue weighted by molar-refractivity contribution is 14.0. The fourth-order valence-corrected chi connectivity index (χ4v) is 3.67. The predicted molar refractivity (Wildman–Crippen MR) is 122 cm³/mol. The van der Waals surface area contributed by atoms with Crippen molar-refractivity contribution in [2.45, 2.75) is 26.0 Å². The second kappa shape index (κ2) is 11.8. The zero-order chi connectivity index (χ0) is 18.2. The van der Waals surface area contributed by atoms with E-state index in [0.717, 1.165) is 71.3 Å². The summed E-state index contributed by atoms with van der Waals surface area (Å²) >= 11 is 0. The molecule has 2 N–H and O–H groups in total. The number of guanidine groups is 1. The fourth-order valence-electron chi connectivity index (χ4n) is 3.67. The minimum atomic E-state index is -0.212. The summed E-state index contributed by atoms with van der Waals surface area (Å²) < 4.78 is 0. The zero-order valence-corrected chi connectivity index (χ0v) is 18.7. The normalized spacial score (nSPS) is 21.9. The monoisotopic (exact) mass is 487 g/mol. The molecule has 7 heteroatoms. The van der Waals surface area contributed by atoms with Crippen molar-refractivity contribution in [1.82, 2.24) is 20.0 Å². The summed E-state index contributed by atoms with van der Waals surface area (Å²) in [5, 5.41) is 13.1. The van der Waals surface area contributed by atoms with Crippen LogP contribution < -0.4 is 5.32 Å². The van der Waals surface area contributed by atoms with E-state index in [0.29, 0.717) is 6.54 Å². The zero-order valence-electron chi connectivity index (χ0n) is 16.4. The van der Waals surface area contributed by atoms with E-state index < -0.39 is 0 Å². The maximum Gasteiger partial charge on any atom is 0.194 e. The number of benzene rings is 1. The summed E-state index contributed by atoms with van der Waals surface area (Å²) in [6.45, 7) is 11.9. The molecule has 1 atom stereocenters. The molecular weight excluding hydrogens is 453 g/mol. The van der Waals surface area contributed by atoms with E-state index in [1.807, 2.05) is 0 Å². The summed E-state index contributed by atoms with van der Waals surface area (Å²) in [7, 11) is 0. The average molecular weight is 487 g/mol. The first-order chi connectivity index (χ1) is 12.7. The lowest BCUT2D eigenvalue weighted by Crippen LogP contribution is -2.47. The summed E-state index contributed by atoms with van der Waals surface area (Å²) in [5.74, 6) is 0.951. The molecule has 2 saturated heterocycles. The van der Waals surface area contributed by atoms with Crippen LogP contribution in [0, 0.1) is 0 Å². The van der Waals surface area contributed by atoms with Crippen LogP contribution in [-0.4, -0.2) is 90.8 Å². The van der Waals surface area contributed by atoms with Crippen LogP contribution in [0.15, 0.2) is 35.3 Å². The predicted octanol–water partition coefficient (Wildman–Crippen LogP) is 1.45. The van der Waals surface area contributed by atoms with E-state index in [2.05, 4.69) is 57.3 Å². The quantitative estimate of drug-likeness (QED) is 0.362. The van der Waals surface area contributed by atoms with Crippen LogP contribution in [0.1, 0.15) is 18.9 Å². The minimum Gasteiger partial charge on any atom is -0.391 e. The molecule has 2 fully saturated rings. The first-order valence-electron chi connectivity index (χ1n) is 9.94. The lowest BCUT2D eigenvalue weighted by atomic mass is 10.2. The molecule has 2 heterocycles. The molecule has 2 aliphatic heterocycles. The van der Waals surface area contributed by atoms with Gasteiger partial charge in [-0.25, -0.2) is 0 Å². The molecular formula is C20H34IN5O. The fraction of sp³-hybridized carbons (Fsp3) is 0.650. The Labute approximate surface area is 180 Å². The van der Waals surface area contributed by atoms with Crippen LogP contribution in [0.3, 0.4) is 0 Å². The van der Waals surface area contributed by atoms with Gasteiger partial charge in [0.1, 0.15) is 0 Å². The number of aliphatic imine (C=N–C) groups is 1. The smallest absolute Gasteiger partial charge is 0.194 e. The van der Waals surface area contributed by atoms with Crippen LogP contribution in [0.2, 0.25) is 0 Å². The van der Waals surface area contributed by atoms with Crippen molar-refractivity contribution in [1.29, 1.82) is 0 Å². The second-order valence-electron chi connectivity index (χ2n) is 7.23. The highest BCUT2D eigenvalue weighted by atomic mass is 127. The van der Waals surface area contributed by atoms with Gasteiger partial charge in [-0.2, -0.15) is 0 Å². The van der Waals surface area contributed by atoms with Crippen molar-refractivity contribution in [3.05, 3.63) is 35.9 Å². The molecule has 0 saturated carbocycles. The van der Waals surface area contributed by atoms with Gasteiger partial charge < -0.3 is 15.3 Å². The Hall–Kier alpha value is -0.900. The number of nitrogens with one attached hydrogen (secondary N) is 1. The number of hydrogen-bond acceptors (Lipinski definition) is 4. The van der Waals surface area contributed by atoms with Crippen molar-refractivity contribution >= 4 is 29.9 Å². The number of aliphatic hydroxyl groups is 1. The van der Waals surface area contributed by atoms with Crippen LogP contribution >= 0.6 is 24.0 Å². The molecule has 152 valence electrons. The van der Waals surface area contributed by atoms with Crippen molar-refractivity contribution in [3.63, 3.8) is 0 Å². The standard InChI is InChI=1S/C20H33N5O.HI/c1-2-21-20(25-10-8-19(26)17-25)22-9-11-23-12-14-24(15-13-23)16-18-6-4-3-5-7-18;/h3-7,19,26H,2,8-17H2,1H3,(H,21,22);1H/t19-;/m1./s1. The minimum absolute atomic E-state index is 0. The van der Waals surface area contributed by atoms with E-state index in [1.54, 1.807) is 0 Å². The Balaban J connectivity index is 0.00000261. The average Bonchev–Trinajstić information content (AvgIpc) is 3.09. The molecule has 0 spiro atoms. The number of nitrogens with zero attached hydrogens (tertiary/aromatic N) is 4. The Morgan fingerprint density at radius 2 is 1.81 bits per heavy atom. The Morgan fingerprint density at radius 3 is 2.44 bits per heavy atom. The molecule has 0 unspecified atom stereocenters. The van der Waals surface area contributed by atoms with Gasteiger partial charge in [-0.1, -0.05) is 30.3 Å². The van der Waals surface area contributed by atoms with Crippen molar-refractivity contribution in [3.8, 4) is 0 Å². The Bertz CT molecular complexity index is 563. The lowest BCUT2D eigenvalue weighted by molar-refractivity contribution is 0.130. The van der Waals surface area contributed by atoms with Gasteiger partial charge >= 0.3 is 0 Å². The van der Waals surface area contributed by atoms with Crippen molar-refractivity contribution in [2.24, 2.45) is 4.99 Å². The summed E-state index contributed by atoms with van der Waals surface area (Å²) in [4.78, 5) is 12.0. The number of β-amino-alcohol motifs (C(OH)–C–C–N with tert-alkyl or cyclic N) is 1.